The van der Waals surface area contributed by atoms with Gasteiger partial charge in [-0.15, -0.1) is 22.7 Å². The number of esters is 1. The van der Waals surface area contributed by atoms with Crippen LogP contribution in [0.3, 0.4) is 0 Å². The second-order valence-corrected chi connectivity index (χ2v) is 13.6. The second-order valence-electron chi connectivity index (χ2n) is 11.5. The van der Waals surface area contributed by atoms with Crippen LogP contribution in [0.2, 0.25) is 0 Å². The Morgan fingerprint density at radius 3 is 1.72 bits per heavy atom. The molecule has 0 aliphatic carbocycles. The summed E-state index contributed by atoms with van der Waals surface area (Å²) in [6, 6.07) is 6.57. The lowest BCUT2D eigenvalue weighted by Gasteiger charge is -2.23. The number of carbonyl (C=O) groups is 4. The highest BCUT2D eigenvalue weighted by molar-refractivity contribution is 7.21. The molecule has 2 amide bonds. The number of methoxy groups -OCH3 is 3. The quantitative estimate of drug-likeness (QED) is 0.146. The molecule has 0 saturated heterocycles. The first-order valence-electron chi connectivity index (χ1n) is 15.0. The third-order valence-electron chi connectivity index (χ3n) is 8.54. The maximum atomic E-state index is 13.3. The van der Waals surface area contributed by atoms with Gasteiger partial charge in [-0.25, -0.2) is 0 Å². The number of carboxylic acid groups (broad SMARTS) is 1. The van der Waals surface area contributed by atoms with Crippen molar-refractivity contribution in [1.29, 1.82) is 0 Å². The van der Waals surface area contributed by atoms with Gasteiger partial charge in [-0.05, 0) is 26.0 Å². The minimum absolute atomic E-state index is 0.00382. The molecule has 0 bridgehead atoms. The van der Waals surface area contributed by atoms with Crippen LogP contribution in [0.15, 0.2) is 24.3 Å². The summed E-state index contributed by atoms with van der Waals surface area (Å²) in [4.78, 5) is 54.7. The number of carbonyl (C=O) groups excluding carboxylic acids is 3. The molecule has 2 atom stereocenters. The molecule has 4 heterocycles. The summed E-state index contributed by atoms with van der Waals surface area (Å²) in [7, 11) is 4.66. The average molecular weight is 683 g/mol. The van der Waals surface area contributed by atoms with Crippen molar-refractivity contribution >= 4 is 66.6 Å². The lowest BCUT2D eigenvalue weighted by Crippen LogP contribution is -2.35. The Balaban J connectivity index is 1.04. The summed E-state index contributed by atoms with van der Waals surface area (Å²) in [5.41, 5.74) is 1.76. The fraction of sp³-hybridized carbons (Fsp3) is 0.394. The number of carboxylic acids is 1. The summed E-state index contributed by atoms with van der Waals surface area (Å²) >= 11 is 2.73. The number of nitrogens with zero attached hydrogens (tertiary/aromatic N) is 2. The molecule has 14 heteroatoms. The standard InChI is InChI=1S/C33H34N2O10S2/c1-16(8-28(36)37)34-14-20-19-11-23(42-4)25(13-27(19)47-30(20)32(34)39)44-6-7-45-29(38)9-17(2)35-15-21-18-10-22(41-3)24(43-5)12-26(18)46-31(21)33(35)40/h10-13,16-17H,6-9,14-15H2,1-5H3,(H,36,37). The predicted octanol–water partition coefficient (Wildman–Crippen LogP) is 5.32. The lowest BCUT2D eigenvalue weighted by molar-refractivity contribution is -0.145. The number of hydrogen-bond donors (Lipinski definition) is 1. The fourth-order valence-electron chi connectivity index (χ4n) is 6.10. The molecule has 1 N–H and O–H groups in total. The van der Waals surface area contributed by atoms with Crippen LogP contribution in [-0.4, -0.2) is 85.3 Å². The van der Waals surface area contributed by atoms with Crippen molar-refractivity contribution in [3.8, 4) is 23.0 Å². The first-order chi connectivity index (χ1) is 22.5. The smallest absolute Gasteiger partial charge is 0.307 e. The summed E-state index contributed by atoms with van der Waals surface area (Å²) in [5.74, 6) is 0.407. The van der Waals surface area contributed by atoms with Crippen LogP contribution in [-0.2, 0) is 27.4 Å². The van der Waals surface area contributed by atoms with Gasteiger partial charge >= 0.3 is 11.9 Å². The van der Waals surface area contributed by atoms with Crippen molar-refractivity contribution in [2.24, 2.45) is 0 Å². The minimum Gasteiger partial charge on any atom is -0.493 e. The van der Waals surface area contributed by atoms with Crippen molar-refractivity contribution in [2.75, 3.05) is 34.5 Å². The van der Waals surface area contributed by atoms with Crippen molar-refractivity contribution in [2.45, 2.75) is 51.9 Å². The first kappa shape index (κ1) is 32.4. The van der Waals surface area contributed by atoms with E-state index < -0.39 is 18.0 Å². The number of thiophene rings is 2. The number of rotatable bonds is 13. The van der Waals surface area contributed by atoms with E-state index in [1.807, 2.05) is 25.1 Å². The van der Waals surface area contributed by atoms with Crippen molar-refractivity contribution in [3.63, 3.8) is 0 Å². The van der Waals surface area contributed by atoms with E-state index >= 15 is 0 Å². The van der Waals surface area contributed by atoms with Gasteiger partial charge in [-0.1, -0.05) is 0 Å². The van der Waals surface area contributed by atoms with E-state index in [0.717, 1.165) is 31.3 Å². The number of hydrogen-bond acceptors (Lipinski definition) is 11. The maximum Gasteiger partial charge on any atom is 0.307 e. The minimum atomic E-state index is -0.953. The van der Waals surface area contributed by atoms with Crippen LogP contribution in [0.1, 0.15) is 57.2 Å². The molecule has 0 radical (unpaired) electrons. The van der Waals surface area contributed by atoms with E-state index in [2.05, 4.69) is 0 Å². The number of ether oxygens (including phenoxy) is 5. The Morgan fingerprint density at radius 1 is 0.745 bits per heavy atom. The molecule has 0 saturated carbocycles. The van der Waals surface area contributed by atoms with Crippen LogP contribution in [0.4, 0.5) is 0 Å². The van der Waals surface area contributed by atoms with Crippen LogP contribution in [0.5, 0.6) is 23.0 Å². The Morgan fingerprint density at radius 2 is 1.21 bits per heavy atom. The predicted molar refractivity (Wildman–Crippen MR) is 175 cm³/mol. The molecule has 2 unspecified atom stereocenters. The van der Waals surface area contributed by atoms with E-state index in [-0.39, 0.29) is 43.9 Å². The molecule has 2 aliphatic rings. The number of amides is 2. The van der Waals surface area contributed by atoms with Gasteiger partial charge in [0.25, 0.3) is 11.8 Å². The van der Waals surface area contributed by atoms with Crippen LogP contribution in [0.25, 0.3) is 20.2 Å². The molecule has 0 spiro atoms. The maximum absolute atomic E-state index is 13.3. The fourth-order valence-corrected chi connectivity index (χ4v) is 8.46. The topological polar surface area (TPSA) is 141 Å². The van der Waals surface area contributed by atoms with Gasteiger partial charge in [0.05, 0.1) is 43.9 Å². The van der Waals surface area contributed by atoms with Crippen molar-refractivity contribution in [1.82, 2.24) is 9.80 Å². The molecule has 2 aromatic heterocycles. The average Bonchev–Trinajstić information content (AvgIpc) is 3.76. The highest BCUT2D eigenvalue weighted by Gasteiger charge is 2.37. The summed E-state index contributed by atoms with van der Waals surface area (Å²) in [6.07, 6.45) is -0.0959. The molecular formula is C33H34N2O10S2. The van der Waals surface area contributed by atoms with Gasteiger partial charge < -0.3 is 38.6 Å². The van der Waals surface area contributed by atoms with Gasteiger partial charge in [0.1, 0.15) is 13.2 Å². The summed E-state index contributed by atoms with van der Waals surface area (Å²) < 4.78 is 29.5. The van der Waals surface area contributed by atoms with Crippen LogP contribution < -0.4 is 18.9 Å². The second kappa shape index (κ2) is 12.9. The van der Waals surface area contributed by atoms with Crippen molar-refractivity contribution < 1.29 is 48.0 Å². The van der Waals surface area contributed by atoms with Gasteiger partial charge in [0, 0.05) is 68.6 Å². The van der Waals surface area contributed by atoms with Gasteiger partial charge in [-0.2, -0.15) is 0 Å². The zero-order chi connectivity index (χ0) is 33.6. The molecule has 248 valence electrons. The van der Waals surface area contributed by atoms with E-state index in [9.17, 15) is 19.2 Å². The van der Waals surface area contributed by atoms with Gasteiger partial charge in [0.2, 0.25) is 0 Å². The molecule has 47 heavy (non-hydrogen) atoms. The van der Waals surface area contributed by atoms with E-state index in [1.54, 1.807) is 37.0 Å². The van der Waals surface area contributed by atoms with Crippen LogP contribution in [0, 0.1) is 0 Å². The van der Waals surface area contributed by atoms with E-state index in [0.29, 0.717) is 45.8 Å². The normalized spacial score (nSPS) is 15.2. The Hall–Kier alpha value is -4.56. The monoisotopic (exact) mass is 682 g/mol. The van der Waals surface area contributed by atoms with Crippen molar-refractivity contribution in [3.05, 3.63) is 45.1 Å². The third-order valence-corrected chi connectivity index (χ3v) is 10.9. The highest BCUT2D eigenvalue weighted by Crippen LogP contribution is 2.44. The van der Waals surface area contributed by atoms with Gasteiger partial charge in [0.15, 0.2) is 23.0 Å². The number of aliphatic carboxylic acids is 1. The molecule has 2 aliphatic heterocycles. The summed E-state index contributed by atoms with van der Waals surface area (Å²) in [6.45, 7) is 4.35. The Bertz CT molecular complexity index is 1910. The molecule has 2 aromatic carbocycles. The van der Waals surface area contributed by atoms with Gasteiger partial charge in [-0.3, -0.25) is 19.2 Å². The largest absolute Gasteiger partial charge is 0.493 e. The lowest BCUT2D eigenvalue weighted by atomic mass is 10.1. The van der Waals surface area contributed by atoms with Crippen LogP contribution >= 0.6 is 22.7 Å². The van der Waals surface area contributed by atoms with E-state index in [4.69, 9.17) is 28.8 Å². The third kappa shape index (κ3) is 5.91. The molecule has 4 aromatic rings. The highest BCUT2D eigenvalue weighted by atomic mass is 32.1. The Kier molecular flexibility index (Phi) is 8.90. The number of benzene rings is 2. The molecule has 6 rings (SSSR count). The zero-order valence-corrected chi connectivity index (χ0v) is 28.2. The number of fused-ring (bicyclic) bond motifs is 6. The summed E-state index contributed by atoms with van der Waals surface area (Å²) in [5, 5.41) is 10.9. The SMILES string of the molecule is COc1cc2sc3c(c2cc1OC)CN(C(C)CC(=O)OCCOc1cc2sc4c(c2cc1OC)CN(C(C)CC(=O)O)C4=O)C3=O. The molecular weight excluding hydrogens is 649 g/mol. The molecule has 0 fully saturated rings. The first-order valence-corrected chi connectivity index (χ1v) is 16.6. The molecule has 12 nitrogen and oxygen atoms in total. The van der Waals surface area contributed by atoms with E-state index in [1.165, 1.54) is 29.8 Å². The Labute approximate surface area is 278 Å². The zero-order valence-electron chi connectivity index (χ0n) is 26.5.